The Morgan fingerprint density at radius 1 is 1.04 bits per heavy atom. The fourth-order valence-corrected chi connectivity index (χ4v) is 2.42. The molecule has 0 unspecified atom stereocenters. The van der Waals surface area contributed by atoms with Gasteiger partial charge in [-0.2, -0.15) is 0 Å². The lowest BCUT2D eigenvalue weighted by Crippen LogP contribution is -2.37. The lowest BCUT2D eigenvalue weighted by Gasteiger charge is -2.12. The summed E-state index contributed by atoms with van der Waals surface area (Å²) in [5.74, 6) is 0.191. The quantitative estimate of drug-likeness (QED) is 0.595. The van der Waals surface area contributed by atoms with Crippen LogP contribution in [0.4, 0.5) is 5.69 Å². The second kappa shape index (κ2) is 8.36. The van der Waals surface area contributed by atoms with E-state index in [1.807, 2.05) is 18.2 Å². The zero-order valence-electron chi connectivity index (χ0n) is 11.6. The van der Waals surface area contributed by atoms with E-state index < -0.39 is 5.91 Å². The van der Waals surface area contributed by atoms with E-state index in [1.165, 1.54) is 12.1 Å². The SMILES string of the molecule is O=C(COc1ccccc1)NC(=S)Nc1cc(Cl)c(Cl)cc1Cl. The van der Waals surface area contributed by atoms with Crippen molar-refractivity contribution in [2.45, 2.75) is 0 Å². The fraction of sp³-hybridized carbons (Fsp3) is 0.0667. The second-order valence-electron chi connectivity index (χ2n) is 4.35. The molecule has 0 heterocycles. The molecule has 0 bridgehead atoms. The fourth-order valence-electron chi connectivity index (χ4n) is 1.60. The molecule has 0 aliphatic carbocycles. The van der Waals surface area contributed by atoms with Gasteiger partial charge in [0.2, 0.25) is 0 Å². The van der Waals surface area contributed by atoms with Gasteiger partial charge in [-0.05, 0) is 36.5 Å². The van der Waals surface area contributed by atoms with Crippen LogP contribution in [0, 0.1) is 0 Å². The molecule has 0 spiro atoms. The third kappa shape index (κ3) is 5.55. The normalized spacial score (nSPS) is 10.0. The highest BCUT2D eigenvalue weighted by atomic mass is 35.5. The van der Waals surface area contributed by atoms with Crippen molar-refractivity contribution in [1.82, 2.24) is 5.32 Å². The average molecular weight is 390 g/mol. The molecule has 0 aliphatic rings. The zero-order valence-corrected chi connectivity index (χ0v) is 14.7. The summed E-state index contributed by atoms with van der Waals surface area (Å²) in [6.45, 7) is -0.166. The summed E-state index contributed by atoms with van der Waals surface area (Å²) in [6.07, 6.45) is 0. The number of rotatable bonds is 4. The standard InChI is InChI=1S/C15H11Cl3N2O2S/c16-10-6-12(18)13(7-11(10)17)19-15(23)20-14(21)8-22-9-4-2-1-3-5-9/h1-7H,8H2,(H2,19,20,21,23). The first-order valence-corrected chi connectivity index (χ1v) is 7.93. The molecule has 1 amide bonds. The topological polar surface area (TPSA) is 50.4 Å². The molecule has 0 saturated carbocycles. The summed E-state index contributed by atoms with van der Waals surface area (Å²) in [5, 5.41) is 6.31. The van der Waals surface area contributed by atoms with E-state index in [-0.39, 0.29) is 11.7 Å². The second-order valence-corrected chi connectivity index (χ2v) is 5.98. The molecule has 120 valence electrons. The van der Waals surface area contributed by atoms with Crippen LogP contribution >= 0.6 is 47.0 Å². The Morgan fingerprint density at radius 2 is 1.70 bits per heavy atom. The molecule has 0 atom stereocenters. The van der Waals surface area contributed by atoms with Crippen LogP contribution in [-0.4, -0.2) is 17.6 Å². The summed E-state index contributed by atoms with van der Waals surface area (Å²) in [7, 11) is 0. The number of ether oxygens (including phenoxy) is 1. The van der Waals surface area contributed by atoms with E-state index in [2.05, 4.69) is 10.6 Å². The maximum Gasteiger partial charge on any atom is 0.264 e. The van der Waals surface area contributed by atoms with Gasteiger partial charge in [0.1, 0.15) is 5.75 Å². The number of para-hydroxylation sites is 1. The van der Waals surface area contributed by atoms with Crippen molar-refractivity contribution < 1.29 is 9.53 Å². The molecular formula is C15H11Cl3N2O2S. The predicted octanol–water partition coefficient (Wildman–Crippen LogP) is 4.54. The van der Waals surface area contributed by atoms with Crippen LogP contribution < -0.4 is 15.4 Å². The minimum Gasteiger partial charge on any atom is -0.484 e. The van der Waals surface area contributed by atoms with Crippen LogP contribution in [-0.2, 0) is 4.79 Å². The smallest absolute Gasteiger partial charge is 0.264 e. The molecule has 2 rings (SSSR count). The van der Waals surface area contributed by atoms with Crippen molar-refractivity contribution in [1.29, 1.82) is 0 Å². The summed E-state index contributed by atoms with van der Waals surface area (Å²) >= 11 is 22.8. The molecule has 0 radical (unpaired) electrons. The van der Waals surface area contributed by atoms with Crippen molar-refractivity contribution in [3.8, 4) is 5.75 Å². The zero-order chi connectivity index (χ0) is 16.8. The van der Waals surface area contributed by atoms with Crippen LogP contribution in [0.2, 0.25) is 15.1 Å². The molecule has 8 heteroatoms. The number of carbonyl (C=O) groups is 1. The van der Waals surface area contributed by atoms with Crippen LogP contribution in [0.1, 0.15) is 0 Å². The maximum absolute atomic E-state index is 11.8. The van der Waals surface area contributed by atoms with Gasteiger partial charge in [0.15, 0.2) is 11.7 Å². The van der Waals surface area contributed by atoms with Crippen LogP contribution in [0.25, 0.3) is 0 Å². The van der Waals surface area contributed by atoms with Gasteiger partial charge in [0.05, 0.1) is 20.8 Å². The Hall–Kier alpha value is -1.53. The first kappa shape index (κ1) is 17.8. The molecule has 23 heavy (non-hydrogen) atoms. The van der Waals surface area contributed by atoms with Crippen molar-refractivity contribution in [3.05, 3.63) is 57.5 Å². The van der Waals surface area contributed by atoms with Crippen LogP contribution in [0.5, 0.6) is 5.75 Å². The van der Waals surface area contributed by atoms with E-state index in [4.69, 9.17) is 51.8 Å². The minimum absolute atomic E-state index is 0.0759. The molecule has 0 aliphatic heterocycles. The molecule has 0 aromatic heterocycles. The van der Waals surface area contributed by atoms with Gasteiger partial charge in [-0.25, -0.2) is 0 Å². The molecule has 0 saturated heterocycles. The number of nitrogens with one attached hydrogen (secondary N) is 2. The average Bonchev–Trinajstić information content (AvgIpc) is 2.51. The van der Waals surface area contributed by atoms with Crippen LogP contribution in [0.3, 0.4) is 0 Å². The Morgan fingerprint density at radius 3 is 2.39 bits per heavy atom. The highest BCUT2D eigenvalue weighted by molar-refractivity contribution is 7.80. The molecule has 0 fully saturated rings. The van der Waals surface area contributed by atoms with Gasteiger partial charge in [0.25, 0.3) is 5.91 Å². The lowest BCUT2D eigenvalue weighted by molar-refractivity contribution is -0.121. The summed E-state index contributed by atoms with van der Waals surface area (Å²) in [4.78, 5) is 11.8. The Bertz CT molecular complexity index is 726. The van der Waals surface area contributed by atoms with Crippen molar-refractivity contribution in [2.24, 2.45) is 0 Å². The van der Waals surface area contributed by atoms with Gasteiger partial charge in [-0.15, -0.1) is 0 Å². The Labute approximate surface area is 153 Å². The number of anilines is 1. The maximum atomic E-state index is 11.8. The van der Waals surface area contributed by atoms with Gasteiger partial charge in [-0.3, -0.25) is 10.1 Å². The Balaban J connectivity index is 1.87. The monoisotopic (exact) mass is 388 g/mol. The number of amides is 1. The molecule has 2 N–H and O–H groups in total. The van der Waals surface area contributed by atoms with E-state index in [9.17, 15) is 4.79 Å². The number of thiocarbonyl (C=S) groups is 1. The first-order chi connectivity index (χ1) is 11.0. The van der Waals surface area contributed by atoms with Gasteiger partial charge < -0.3 is 10.1 Å². The minimum atomic E-state index is -0.400. The highest BCUT2D eigenvalue weighted by Crippen LogP contribution is 2.32. The van der Waals surface area contributed by atoms with Crippen LogP contribution in [0.15, 0.2) is 42.5 Å². The third-order valence-corrected chi connectivity index (χ3v) is 3.86. The largest absolute Gasteiger partial charge is 0.484 e. The van der Waals surface area contributed by atoms with Gasteiger partial charge in [0, 0.05) is 0 Å². The summed E-state index contributed by atoms with van der Waals surface area (Å²) in [5.41, 5.74) is 0.440. The molecule has 2 aromatic rings. The highest BCUT2D eigenvalue weighted by Gasteiger charge is 2.10. The van der Waals surface area contributed by atoms with Crippen molar-refractivity contribution in [3.63, 3.8) is 0 Å². The van der Waals surface area contributed by atoms with Crippen molar-refractivity contribution >= 4 is 63.7 Å². The van der Waals surface area contributed by atoms with Crippen molar-refractivity contribution in [2.75, 3.05) is 11.9 Å². The number of halogens is 3. The molecular weight excluding hydrogens is 379 g/mol. The van der Waals surface area contributed by atoms with E-state index in [0.717, 1.165) is 0 Å². The predicted molar refractivity (Wildman–Crippen MR) is 97.8 cm³/mol. The molecule has 2 aromatic carbocycles. The van der Waals surface area contributed by atoms with E-state index in [1.54, 1.807) is 12.1 Å². The Kier molecular flexibility index (Phi) is 6.47. The first-order valence-electron chi connectivity index (χ1n) is 6.39. The number of hydrogen-bond acceptors (Lipinski definition) is 3. The van der Waals surface area contributed by atoms with Gasteiger partial charge >= 0.3 is 0 Å². The van der Waals surface area contributed by atoms with E-state index >= 15 is 0 Å². The van der Waals surface area contributed by atoms with E-state index in [0.29, 0.717) is 26.5 Å². The van der Waals surface area contributed by atoms with Gasteiger partial charge in [-0.1, -0.05) is 53.0 Å². The lowest BCUT2D eigenvalue weighted by atomic mass is 10.3. The number of hydrogen-bond donors (Lipinski definition) is 2. The number of benzene rings is 2. The number of carbonyl (C=O) groups excluding carboxylic acids is 1. The molecule has 4 nitrogen and oxygen atoms in total. The summed E-state index contributed by atoms with van der Waals surface area (Å²) in [6, 6.07) is 12.0. The summed E-state index contributed by atoms with van der Waals surface area (Å²) < 4.78 is 5.31. The third-order valence-electron chi connectivity index (χ3n) is 2.62.